The van der Waals surface area contributed by atoms with Crippen LogP contribution in [-0.2, 0) is 16.4 Å². The molecule has 1 aliphatic heterocycles. The molecule has 0 spiro atoms. The highest BCUT2D eigenvalue weighted by atomic mass is 35.5. The molecular formula is C16H23ClN4O3S. The molecule has 3 rings (SSSR count). The molecule has 3 heterocycles. The molecule has 0 aromatic carbocycles. The van der Waals surface area contributed by atoms with Crippen molar-refractivity contribution in [3.63, 3.8) is 0 Å². The van der Waals surface area contributed by atoms with Crippen molar-refractivity contribution in [1.29, 1.82) is 0 Å². The summed E-state index contributed by atoms with van der Waals surface area (Å²) in [6.07, 6.45) is 7.88. The van der Waals surface area contributed by atoms with Crippen molar-refractivity contribution in [1.82, 2.24) is 15.3 Å². The maximum Gasteiger partial charge on any atom is 0.225 e. The molecule has 0 aliphatic carbocycles. The lowest BCUT2D eigenvalue weighted by atomic mass is 9.96. The number of hydrogen-bond acceptors (Lipinski definition) is 7. The molecule has 0 radical (unpaired) electrons. The minimum absolute atomic E-state index is 0. The molecule has 9 heteroatoms. The van der Waals surface area contributed by atoms with E-state index >= 15 is 0 Å². The van der Waals surface area contributed by atoms with Gasteiger partial charge in [0.2, 0.25) is 5.95 Å². The first-order chi connectivity index (χ1) is 11.4. The van der Waals surface area contributed by atoms with Crippen LogP contribution >= 0.6 is 12.4 Å². The summed E-state index contributed by atoms with van der Waals surface area (Å²) in [5, 5.41) is 3.32. The minimum Gasteiger partial charge on any atom is -0.472 e. The lowest BCUT2D eigenvalue weighted by Crippen LogP contribution is -2.30. The van der Waals surface area contributed by atoms with Crippen LogP contribution in [0.3, 0.4) is 0 Å². The molecule has 1 aliphatic rings. The Hall–Kier alpha value is -1.64. The molecule has 2 aromatic rings. The van der Waals surface area contributed by atoms with Gasteiger partial charge < -0.3 is 14.6 Å². The monoisotopic (exact) mass is 386 g/mol. The van der Waals surface area contributed by atoms with Crippen molar-refractivity contribution in [3.05, 3.63) is 36.0 Å². The predicted octanol–water partition coefficient (Wildman–Crippen LogP) is 2.00. The molecule has 0 bridgehead atoms. The van der Waals surface area contributed by atoms with E-state index in [2.05, 4.69) is 15.3 Å². The average Bonchev–Trinajstić information content (AvgIpc) is 3.07. The number of piperidine rings is 1. The topological polar surface area (TPSA) is 88.3 Å². The minimum atomic E-state index is -3.36. The second-order valence-corrected chi connectivity index (χ2v) is 8.21. The van der Waals surface area contributed by atoms with E-state index in [9.17, 15) is 8.42 Å². The number of nitrogens with one attached hydrogen (secondary N) is 1. The highest BCUT2D eigenvalue weighted by Crippen LogP contribution is 2.28. The number of anilines is 1. The normalized spacial score (nSPS) is 17.8. The molecule has 7 nitrogen and oxygen atoms in total. The summed E-state index contributed by atoms with van der Waals surface area (Å²) in [6, 6.07) is 1.88. The van der Waals surface area contributed by atoms with Gasteiger partial charge in [-0.1, -0.05) is 0 Å². The molecule has 1 N–H and O–H groups in total. The summed E-state index contributed by atoms with van der Waals surface area (Å²) in [4.78, 5) is 11.0. The molecule has 1 atom stereocenters. The summed E-state index contributed by atoms with van der Waals surface area (Å²) < 4.78 is 29.3. The quantitative estimate of drug-likeness (QED) is 0.840. The van der Waals surface area contributed by atoms with Gasteiger partial charge in [-0.2, -0.15) is 0 Å². The molecule has 138 valence electrons. The summed E-state index contributed by atoms with van der Waals surface area (Å²) in [6.45, 7) is 2.30. The number of aromatic nitrogens is 2. The number of hydrogen-bond donors (Lipinski definition) is 1. The first-order valence-electron chi connectivity index (χ1n) is 7.95. The third-order valence-electron chi connectivity index (χ3n) is 4.19. The van der Waals surface area contributed by atoms with Crippen LogP contribution in [0.1, 0.15) is 30.0 Å². The van der Waals surface area contributed by atoms with Gasteiger partial charge in [0, 0.05) is 37.9 Å². The maximum atomic E-state index is 12.1. The van der Waals surface area contributed by atoms with Gasteiger partial charge in [0.05, 0.1) is 24.4 Å². The zero-order valence-corrected chi connectivity index (χ0v) is 15.9. The Morgan fingerprint density at radius 1 is 1.44 bits per heavy atom. The van der Waals surface area contributed by atoms with Gasteiger partial charge in [-0.05, 0) is 25.5 Å². The van der Waals surface area contributed by atoms with Crippen molar-refractivity contribution < 1.29 is 12.8 Å². The Kier molecular flexibility index (Phi) is 6.42. The van der Waals surface area contributed by atoms with E-state index in [-0.39, 0.29) is 23.2 Å². The smallest absolute Gasteiger partial charge is 0.225 e. The Bertz CT molecular complexity index is 790. The van der Waals surface area contributed by atoms with Crippen LogP contribution in [-0.4, -0.2) is 44.8 Å². The van der Waals surface area contributed by atoms with Gasteiger partial charge in [0.15, 0.2) is 9.84 Å². The first-order valence-corrected chi connectivity index (χ1v) is 9.84. The predicted molar refractivity (Wildman–Crippen MR) is 98.0 cm³/mol. The lowest BCUT2D eigenvalue weighted by Gasteiger charge is -2.25. The van der Waals surface area contributed by atoms with Gasteiger partial charge >= 0.3 is 0 Å². The van der Waals surface area contributed by atoms with E-state index in [1.54, 1.807) is 12.5 Å². The SMILES string of the molecule is CN(Cc1ccoc1)c1ncc(S(C)(=O)=O)c(C2CCCNC2)n1.Cl. The number of furan rings is 1. The molecular weight excluding hydrogens is 364 g/mol. The van der Waals surface area contributed by atoms with Gasteiger partial charge in [0.1, 0.15) is 4.90 Å². The fourth-order valence-electron chi connectivity index (χ4n) is 2.95. The zero-order chi connectivity index (χ0) is 17.2. The van der Waals surface area contributed by atoms with Crippen molar-refractivity contribution in [2.45, 2.75) is 30.2 Å². The van der Waals surface area contributed by atoms with E-state index in [1.807, 2.05) is 18.0 Å². The van der Waals surface area contributed by atoms with Gasteiger partial charge in [0.25, 0.3) is 0 Å². The molecule has 2 aromatic heterocycles. The van der Waals surface area contributed by atoms with Crippen LogP contribution in [0.25, 0.3) is 0 Å². The number of rotatable bonds is 5. The molecule has 1 unspecified atom stereocenters. The van der Waals surface area contributed by atoms with Crippen LogP contribution in [0.2, 0.25) is 0 Å². The standard InChI is InChI=1S/C16H22N4O3S.ClH/c1-20(10-12-5-7-23-11-12)16-18-9-14(24(2,21)22)15(19-16)13-4-3-6-17-8-13;/h5,7,9,11,13,17H,3-4,6,8,10H2,1-2H3;1H. The van der Waals surface area contributed by atoms with Crippen LogP contribution in [0, 0.1) is 0 Å². The summed E-state index contributed by atoms with van der Waals surface area (Å²) >= 11 is 0. The number of halogens is 1. The fourth-order valence-corrected chi connectivity index (χ4v) is 3.79. The second kappa shape index (κ2) is 8.16. The van der Waals surface area contributed by atoms with Gasteiger partial charge in [-0.15, -0.1) is 12.4 Å². The fraction of sp³-hybridized carbons (Fsp3) is 0.500. The largest absolute Gasteiger partial charge is 0.472 e. The maximum absolute atomic E-state index is 12.1. The Morgan fingerprint density at radius 2 is 2.24 bits per heavy atom. The average molecular weight is 387 g/mol. The summed E-state index contributed by atoms with van der Waals surface area (Å²) in [5.41, 5.74) is 1.63. The van der Waals surface area contributed by atoms with Crippen LogP contribution in [0.5, 0.6) is 0 Å². The highest BCUT2D eigenvalue weighted by molar-refractivity contribution is 7.90. The van der Waals surface area contributed by atoms with E-state index in [0.29, 0.717) is 18.2 Å². The summed E-state index contributed by atoms with van der Waals surface area (Å²) in [5.74, 6) is 0.608. The zero-order valence-electron chi connectivity index (χ0n) is 14.3. The third-order valence-corrected chi connectivity index (χ3v) is 5.31. The van der Waals surface area contributed by atoms with Crippen molar-refractivity contribution >= 4 is 28.2 Å². The van der Waals surface area contributed by atoms with E-state index in [4.69, 9.17) is 4.42 Å². The Labute approximate surface area is 154 Å². The molecule has 0 saturated carbocycles. The highest BCUT2D eigenvalue weighted by Gasteiger charge is 2.25. The van der Waals surface area contributed by atoms with Gasteiger partial charge in [-0.3, -0.25) is 0 Å². The molecule has 1 fully saturated rings. The van der Waals surface area contributed by atoms with E-state index in [1.165, 1.54) is 12.5 Å². The number of nitrogens with zero attached hydrogens (tertiary/aromatic N) is 3. The van der Waals surface area contributed by atoms with E-state index in [0.717, 1.165) is 31.5 Å². The van der Waals surface area contributed by atoms with Gasteiger partial charge in [-0.25, -0.2) is 18.4 Å². The third kappa shape index (κ3) is 4.71. The molecule has 25 heavy (non-hydrogen) atoms. The second-order valence-electron chi connectivity index (χ2n) is 6.22. The number of sulfone groups is 1. The molecule has 0 amide bonds. The summed E-state index contributed by atoms with van der Waals surface area (Å²) in [7, 11) is -1.48. The van der Waals surface area contributed by atoms with Crippen LogP contribution < -0.4 is 10.2 Å². The van der Waals surface area contributed by atoms with E-state index < -0.39 is 9.84 Å². The molecule has 1 saturated heterocycles. The van der Waals surface area contributed by atoms with Crippen LogP contribution in [0.4, 0.5) is 5.95 Å². The first kappa shape index (κ1) is 19.7. The lowest BCUT2D eigenvalue weighted by molar-refractivity contribution is 0.447. The Morgan fingerprint density at radius 3 is 2.84 bits per heavy atom. The van der Waals surface area contributed by atoms with Crippen LogP contribution in [0.15, 0.2) is 34.1 Å². The van der Waals surface area contributed by atoms with Crippen molar-refractivity contribution in [2.24, 2.45) is 0 Å². The Balaban J connectivity index is 0.00000225. The van der Waals surface area contributed by atoms with Crippen molar-refractivity contribution in [2.75, 3.05) is 31.3 Å². The van der Waals surface area contributed by atoms with Crippen molar-refractivity contribution in [3.8, 4) is 0 Å².